The standard InChI is InChI=1S/C15H16N2O3S/c1-10-5-7-12(8-6-10)21-11(2)14(18)16-17-15(19)13-4-3-9-20-13/h3-9,11H,1-2H3,(H,16,18)(H,17,19)/t11-/m1/s1. The van der Waals surface area contributed by atoms with Crippen LogP contribution in [0.25, 0.3) is 0 Å². The van der Waals surface area contributed by atoms with E-state index in [0.717, 1.165) is 4.90 Å². The smallest absolute Gasteiger partial charge is 0.305 e. The van der Waals surface area contributed by atoms with Crippen LogP contribution in [0.4, 0.5) is 0 Å². The van der Waals surface area contributed by atoms with Gasteiger partial charge in [-0.25, -0.2) is 0 Å². The fourth-order valence-electron chi connectivity index (χ4n) is 1.56. The average molecular weight is 304 g/mol. The zero-order valence-corrected chi connectivity index (χ0v) is 12.6. The van der Waals surface area contributed by atoms with Crippen molar-refractivity contribution in [1.29, 1.82) is 0 Å². The zero-order valence-electron chi connectivity index (χ0n) is 11.8. The van der Waals surface area contributed by atoms with Crippen molar-refractivity contribution < 1.29 is 14.0 Å². The van der Waals surface area contributed by atoms with Gasteiger partial charge in [-0.1, -0.05) is 17.7 Å². The normalized spacial score (nSPS) is 11.7. The second kappa shape index (κ2) is 6.99. The first-order valence-electron chi connectivity index (χ1n) is 6.43. The molecule has 110 valence electrons. The Morgan fingerprint density at radius 1 is 1.14 bits per heavy atom. The summed E-state index contributed by atoms with van der Waals surface area (Å²) in [5, 5.41) is -0.329. The van der Waals surface area contributed by atoms with E-state index in [1.165, 1.54) is 29.7 Å². The highest BCUT2D eigenvalue weighted by molar-refractivity contribution is 8.00. The van der Waals surface area contributed by atoms with Gasteiger partial charge in [0, 0.05) is 4.90 Å². The van der Waals surface area contributed by atoms with Crippen LogP contribution in [0.1, 0.15) is 23.0 Å². The fourth-order valence-corrected chi connectivity index (χ4v) is 2.43. The summed E-state index contributed by atoms with van der Waals surface area (Å²) >= 11 is 1.42. The minimum absolute atomic E-state index is 0.147. The summed E-state index contributed by atoms with van der Waals surface area (Å²) in [4.78, 5) is 24.5. The van der Waals surface area contributed by atoms with E-state index in [4.69, 9.17) is 4.42 Å². The number of hydrogen-bond donors (Lipinski definition) is 2. The number of benzene rings is 1. The van der Waals surface area contributed by atoms with Crippen molar-refractivity contribution >= 4 is 23.6 Å². The highest BCUT2D eigenvalue weighted by Gasteiger charge is 2.16. The number of carbonyl (C=O) groups is 2. The van der Waals surface area contributed by atoms with Gasteiger partial charge in [0.1, 0.15) is 0 Å². The Bertz CT molecular complexity index is 608. The number of rotatable bonds is 4. The van der Waals surface area contributed by atoms with Crippen molar-refractivity contribution in [3.63, 3.8) is 0 Å². The molecule has 6 heteroatoms. The first-order valence-corrected chi connectivity index (χ1v) is 7.31. The molecule has 0 aliphatic heterocycles. The number of thioether (sulfide) groups is 1. The lowest BCUT2D eigenvalue weighted by Gasteiger charge is -2.12. The molecule has 0 saturated heterocycles. The third kappa shape index (κ3) is 4.39. The second-order valence-electron chi connectivity index (χ2n) is 4.49. The van der Waals surface area contributed by atoms with Gasteiger partial charge in [-0.3, -0.25) is 20.4 Å². The Balaban J connectivity index is 1.82. The van der Waals surface area contributed by atoms with Crippen molar-refractivity contribution in [1.82, 2.24) is 10.9 Å². The minimum Gasteiger partial charge on any atom is -0.459 e. The zero-order chi connectivity index (χ0) is 15.2. The van der Waals surface area contributed by atoms with Gasteiger partial charge < -0.3 is 4.42 Å². The summed E-state index contributed by atoms with van der Waals surface area (Å²) in [6.07, 6.45) is 1.40. The number of aryl methyl sites for hydroxylation is 1. The van der Waals surface area contributed by atoms with Gasteiger partial charge in [0.25, 0.3) is 5.91 Å². The molecule has 2 rings (SSSR count). The van der Waals surface area contributed by atoms with Gasteiger partial charge >= 0.3 is 5.91 Å². The first kappa shape index (κ1) is 15.2. The molecule has 0 fully saturated rings. The lowest BCUT2D eigenvalue weighted by atomic mass is 10.2. The Hall–Kier alpha value is -2.21. The molecule has 0 radical (unpaired) electrons. The van der Waals surface area contributed by atoms with E-state index < -0.39 is 5.91 Å². The van der Waals surface area contributed by atoms with E-state index in [0.29, 0.717) is 0 Å². The number of hydrogen-bond acceptors (Lipinski definition) is 4. The third-order valence-corrected chi connectivity index (χ3v) is 3.86. The molecule has 0 aliphatic rings. The Labute approximate surface area is 127 Å². The lowest BCUT2D eigenvalue weighted by molar-refractivity contribution is -0.121. The van der Waals surface area contributed by atoms with Crippen LogP contribution in [0.5, 0.6) is 0 Å². The molecule has 2 amide bonds. The molecule has 2 N–H and O–H groups in total. The molecule has 0 aliphatic carbocycles. The monoisotopic (exact) mass is 304 g/mol. The molecule has 2 aromatic rings. The molecule has 1 aromatic heterocycles. The molecule has 1 atom stereocenters. The van der Waals surface area contributed by atoms with Crippen molar-refractivity contribution in [2.24, 2.45) is 0 Å². The van der Waals surface area contributed by atoms with Gasteiger partial charge in [-0.05, 0) is 38.1 Å². The largest absolute Gasteiger partial charge is 0.459 e. The van der Waals surface area contributed by atoms with Crippen LogP contribution in [0.15, 0.2) is 52.0 Å². The summed E-state index contributed by atoms with van der Waals surface area (Å²) in [5.74, 6) is -0.615. The molecule has 5 nitrogen and oxygen atoms in total. The maximum atomic E-state index is 11.9. The van der Waals surface area contributed by atoms with Gasteiger partial charge in [0.05, 0.1) is 11.5 Å². The van der Waals surface area contributed by atoms with Crippen LogP contribution in [-0.4, -0.2) is 17.1 Å². The molecule has 0 bridgehead atoms. The number of carbonyl (C=O) groups excluding carboxylic acids is 2. The average Bonchev–Trinajstić information content (AvgIpc) is 3.01. The van der Waals surface area contributed by atoms with Crippen LogP contribution < -0.4 is 10.9 Å². The van der Waals surface area contributed by atoms with Crippen LogP contribution in [0.3, 0.4) is 0 Å². The molecule has 1 aromatic carbocycles. The first-order chi connectivity index (χ1) is 10.1. The van der Waals surface area contributed by atoms with E-state index in [-0.39, 0.29) is 16.9 Å². The van der Waals surface area contributed by atoms with E-state index in [9.17, 15) is 9.59 Å². The van der Waals surface area contributed by atoms with Crippen LogP contribution in [-0.2, 0) is 4.79 Å². The van der Waals surface area contributed by atoms with Crippen LogP contribution in [0.2, 0.25) is 0 Å². The molecule has 1 heterocycles. The Kier molecular flexibility index (Phi) is 5.05. The van der Waals surface area contributed by atoms with Crippen LogP contribution in [0, 0.1) is 6.92 Å². The summed E-state index contributed by atoms with van der Waals surface area (Å²) in [5.41, 5.74) is 5.87. The quantitative estimate of drug-likeness (QED) is 0.672. The van der Waals surface area contributed by atoms with Crippen molar-refractivity contribution in [2.45, 2.75) is 24.0 Å². The molecular formula is C15H16N2O3S. The predicted octanol–water partition coefficient (Wildman–Crippen LogP) is 2.53. The number of nitrogens with one attached hydrogen (secondary N) is 2. The SMILES string of the molecule is Cc1ccc(S[C@H](C)C(=O)NNC(=O)c2ccco2)cc1. The predicted molar refractivity (Wildman–Crippen MR) is 80.8 cm³/mol. The summed E-state index contributed by atoms with van der Waals surface area (Å²) in [6.45, 7) is 3.79. The minimum atomic E-state index is -0.485. The second-order valence-corrected chi connectivity index (χ2v) is 5.91. The fraction of sp³-hybridized carbons (Fsp3) is 0.200. The molecule has 21 heavy (non-hydrogen) atoms. The Morgan fingerprint density at radius 2 is 1.86 bits per heavy atom. The summed E-state index contributed by atoms with van der Waals surface area (Å²) in [7, 11) is 0. The third-order valence-electron chi connectivity index (χ3n) is 2.75. The van der Waals surface area contributed by atoms with E-state index in [2.05, 4.69) is 10.9 Å². The van der Waals surface area contributed by atoms with E-state index in [1.807, 2.05) is 31.2 Å². The summed E-state index contributed by atoms with van der Waals surface area (Å²) in [6, 6.07) is 11.0. The number of hydrazine groups is 1. The van der Waals surface area contributed by atoms with Crippen molar-refractivity contribution in [2.75, 3.05) is 0 Å². The van der Waals surface area contributed by atoms with Gasteiger partial charge in [0.2, 0.25) is 0 Å². The highest BCUT2D eigenvalue weighted by Crippen LogP contribution is 2.23. The summed E-state index contributed by atoms with van der Waals surface area (Å²) < 4.78 is 4.93. The maximum absolute atomic E-state index is 11.9. The van der Waals surface area contributed by atoms with Gasteiger partial charge in [-0.2, -0.15) is 0 Å². The molecule has 0 saturated carbocycles. The topological polar surface area (TPSA) is 71.3 Å². The van der Waals surface area contributed by atoms with Gasteiger partial charge in [-0.15, -0.1) is 11.8 Å². The number of amides is 2. The Morgan fingerprint density at radius 3 is 2.48 bits per heavy atom. The molecule has 0 spiro atoms. The van der Waals surface area contributed by atoms with Crippen LogP contribution >= 0.6 is 11.8 Å². The molecular weight excluding hydrogens is 288 g/mol. The molecule has 0 unspecified atom stereocenters. The van der Waals surface area contributed by atoms with Crippen molar-refractivity contribution in [3.05, 3.63) is 54.0 Å². The highest BCUT2D eigenvalue weighted by atomic mass is 32.2. The lowest BCUT2D eigenvalue weighted by Crippen LogP contribution is -2.44. The van der Waals surface area contributed by atoms with E-state index >= 15 is 0 Å². The maximum Gasteiger partial charge on any atom is 0.305 e. The van der Waals surface area contributed by atoms with Gasteiger partial charge in [0.15, 0.2) is 5.76 Å². The van der Waals surface area contributed by atoms with Crippen molar-refractivity contribution in [3.8, 4) is 0 Å². The van der Waals surface area contributed by atoms with E-state index in [1.54, 1.807) is 13.0 Å². The number of furan rings is 1.